The zero-order valence-electron chi connectivity index (χ0n) is 14.5. The van der Waals surface area contributed by atoms with Crippen LogP contribution in [0, 0.1) is 25.2 Å². The molecule has 25 heavy (non-hydrogen) atoms. The van der Waals surface area contributed by atoms with Gasteiger partial charge >= 0.3 is 5.97 Å². The molecule has 1 aliphatic rings. The summed E-state index contributed by atoms with van der Waals surface area (Å²) in [7, 11) is 0. The quantitative estimate of drug-likeness (QED) is 0.781. The van der Waals surface area contributed by atoms with E-state index in [2.05, 4.69) is 16.7 Å². The first-order valence-corrected chi connectivity index (χ1v) is 8.86. The average molecular weight is 363 g/mol. The number of carbonyl (C=O) groups excluding carboxylic acids is 3. The molecule has 1 fully saturated rings. The maximum absolute atomic E-state index is 12.4. The fraction of sp³-hybridized carbons (Fsp3) is 0.529. The second-order valence-electron chi connectivity index (χ2n) is 6.19. The summed E-state index contributed by atoms with van der Waals surface area (Å²) in [5.41, 5.74) is 0.129. The number of rotatable bonds is 5. The molecule has 0 saturated heterocycles. The number of nitriles is 1. The summed E-state index contributed by atoms with van der Waals surface area (Å²) in [6.45, 7) is 4.49. The minimum Gasteiger partial charge on any atom is -0.452 e. The summed E-state index contributed by atoms with van der Waals surface area (Å²) in [5.74, 6) is -1.45. The number of anilines is 1. The van der Waals surface area contributed by atoms with Gasteiger partial charge in [-0.3, -0.25) is 9.59 Å². The smallest absolute Gasteiger partial charge is 0.341 e. The van der Waals surface area contributed by atoms with Crippen molar-refractivity contribution in [1.29, 1.82) is 5.26 Å². The highest BCUT2D eigenvalue weighted by Gasteiger charge is 2.35. The van der Waals surface area contributed by atoms with Crippen molar-refractivity contribution in [2.24, 2.45) is 0 Å². The minimum atomic E-state index is -0.847. The normalized spacial score (nSPS) is 15.3. The molecule has 1 aromatic rings. The SMILES string of the molecule is CC(=O)Nc1sc(C)c(C)c1C(=O)OCC(=O)NC1(C#N)CCCC1. The van der Waals surface area contributed by atoms with Gasteiger partial charge in [0.25, 0.3) is 5.91 Å². The van der Waals surface area contributed by atoms with Crippen LogP contribution in [0.3, 0.4) is 0 Å². The van der Waals surface area contributed by atoms with Gasteiger partial charge in [-0.2, -0.15) is 5.26 Å². The highest BCUT2D eigenvalue weighted by molar-refractivity contribution is 7.16. The fourth-order valence-corrected chi connectivity index (χ4v) is 3.96. The summed E-state index contributed by atoms with van der Waals surface area (Å²) in [6, 6.07) is 2.15. The number of hydrogen-bond acceptors (Lipinski definition) is 6. The van der Waals surface area contributed by atoms with Crippen LogP contribution in [-0.2, 0) is 14.3 Å². The highest BCUT2D eigenvalue weighted by Crippen LogP contribution is 2.33. The Hall–Kier alpha value is -2.40. The van der Waals surface area contributed by atoms with E-state index in [4.69, 9.17) is 4.74 Å². The molecule has 2 N–H and O–H groups in total. The van der Waals surface area contributed by atoms with Crippen LogP contribution in [0.5, 0.6) is 0 Å². The van der Waals surface area contributed by atoms with E-state index >= 15 is 0 Å². The number of nitrogens with zero attached hydrogens (tertiary/aromatic N) is 1. The van der Waals surface area contributed by atoms with Gasteiger partial charge in [0, 0.05) is 11.8 Å². The molecule has 0 aromatic carbocycles. The molecule has 0 atom stereocenters. The Morgan fingerprint density at radius 3 is 2.48 bits per heavy atom. The van der Waals surface area contributed by atoms with E-state index in [1.807, 2.05) is 6.92 Å². The predicted octanol–water partition coefficient (Wildman–Crippen LogP) is 2.43. The van der Waals surface area contributed by atoms with Crippen LogP contribution in [0.1, 0.15) is 53.4 Å². The molecule has 1 saturated carbocycles. The number of thiophene rings is 1. The Bertz CT molecular complexity index is 742. The summed E-state index contributed by atoms with van der Waals surface area (Å²) < 4.78 is 5.10. The molecule has 1 aromatic heterocycles. The molecule has 1 aliphatic carbocycles. The Morgan fingerprint density at radius 2 is 1.92 bits per heavy atom. The molecule has 1 heterocycles. The van der Waals surface area contributed by atoms with Gasteiger partial charge < -0.3 is 15.4 Å². The highest BCUT2D eigenvalue weighted by atomic mass is 32.1. The van der Waals surface area contributed by atoms with E-state index in [1.54, 1.807) is 6.92 Å². The molecule has 0 bridgehead atoms. The molecule has 2 rings (SSSR count). The lowest BCUT2D eigenvalue weighted by molar-refractivity contribution is -0.125. The third-order valence-corrected chi connectivity index (χ3v) is 5.39. The Balaban J connectivity index is 2.02. The zero-order chi connectivity index (χ0) is 18.6. The molecular formula is C17H21N3O4S. The monoisotopic (exact) mass is 363 g/mol. The summed E-state index contributed by atoms with van der Waals surface area (Å²) in [5, 5.41) is 15.0. The van der Waals surface area contributed by atoms with Crippen LogP contribution in [0.15, 0.2) is 0 Å². The molecule has 0 unspecified atom stereocenters. The second-order valence-corrected chi connectivity index (χ2v) is 7.42. The van der Waals surface area contributed by atoms with Crippen LogP contribution in [0.4, 0.5) is 5.00 Å². The standard InChI is InChI=1S/C17H21N3O4S/c1-10-11(2)25-15(19-12(3)21)14(10)16(23)24-8-13(22)20-17(9-18)6-4-5-7-17/h4-8H2,1-3H3,(H,19,21)(H,20,22). The lowest BCUT2D eigenvalue weighted by Gasteiger charge is -2.21. The van der Waals surface area contributed by atoms with Crippen molar-refractivity contribution in [3.8, 4) is 6.07 Å². The molecular weight excluding hydrogens is 342 g/mol. The van der Waals surface area contributed by atoms with Crippen LogP contribution >= 0.6 is 11.3 Å². The lowest BCUT2D eigenvalue weighted by Crippen LogP contribution is -2.46. The summed E-state index contributed by atoms with van der Waals surface area (Å²) >= 11 is 1.28. The number of amides is 2. The Morgan fingerprint density at radius 1 is 1.28 bits per heavy atom. The predicted molar refractivity (Wildman–Crippen MR) is 93.3 cm³/mol. The number of nitrogens with one attached hydrogen (secondary N) is 2. The van der Waals surface area contributed by atoms with Gasteiger partial charge in [0.1, 0.15) is 10.5 Å². The topological polar surface area (TPSA) is 108 Å². The largest absolute Gasteiger partial charge is 0.452 e. The number of hydrogen-bond donors (Lipinski definition) is 2. The van der Waals surface area contributed by atoms with E-state index in [0.29, 0.717) is 23.4 Å². The van der Waals surface area contributed by atoms with Gasteiger partial charge in [0.15, 0.2) is 6.61 Å². The van der Waals surface area contributed by atoms with Crippen LogP contribution in [0.25, 0.3) is 0 Å². The molecule has 7 nitrogen and oxygen atoms in total. The van der Waals surface area contributed by atoms with E-state index in [0.717, 1.165) is 17.7 Å². The van der Waals surface area contributed by atoms with Gasteiger partial charge in [-0.15, -0.1) is 11.3 Å². The third-order valence-electron chi connectivity index (χ3n) is 4.26. The van der Waals surface area contributed by atoms with Gasteiger partial charge in [0.2, 0.25) is 5.91 Å². The van der Waals surface area contributed by atoms with Crippen molar-refractivity contribution in [2.75, 3.05) is 11.9 Å². The minimum absolute atomic E-state index is 0.265. The zero-order valence-corrected chi connectivity index (χ0v) is 15.3. The molecule has 0 radical (unpaired) electrons. The fourth-order valence-electron chi connectivity index (χ4n) is 2.87. The van der Waals surface area contributed by atoms with Crippen LogP contribution < -0.4 is 10.6 Å². The molecule has 0 spiro atoms. The van der Waals surface area contributed by atoms with Gasteiger partial charge in [-0.1, -0.05) is 0 Å². The summed E-state index contributed by atoms with van der Waals surface area (Å²) in [6.07, 6.45) is 3.00. The van der Waals surface area contributed by atoms with E-state index in [9.17, 15) is 19.6 Å². The van der Waals surface area contributed by atoms with E-state index in [-0.39, 0.29) is 11.5 Å². The maximum atomic E-state index is 12.4. The number of carbonyl (C=O) groups is 3. The van der Waals surface area contributed by atoms with Gasteiger partial charge in [-0.25, -0.2) is 4.79 Å². The molecule has 0 aliphatic heterocycles. The number of ether oxygens (including phenoxy) is 1. The number of esters is 1. The van der Waals surface area contributed by atoms with E-state index < -0.39 is 24.0 Å². The first-order valence-electron chi connectivity index (χ1n) is 8.05. The van der Waals surface area contributed by atoms with Crippen molar-refractivity contribution in [1.82, 2.24) is 5.32 Å². The molecule has 8 heteroatoms. The van der Waals surface area contributed by atoms with Crippen molar-refractivity contribution in [3.63, 3.8) is 0 Å². The lowest BCUT2D eigenvalue weighted by atomic mass is 10.00. The van der Waals surface area contributed by atoms with Crippen LogP contribution in [-0.4, -0.2) is 29.9 Å². The van der Waals surface area contributed by atoms with Crippen molar-refractivity contribution in [3.05, 3.63) is 16.0 Å². The number of aryl methyl sites for hydroxylation is 1. The second kappa shape index (κ2) is 7.66. The average Bonchev–Trinajstić information content (AvgIpc) is 3.11. The van der Waals surface area contributed by atoms with E-state index in [1.165, 1.54) is 18.3 Å². The first kappa shape index (κ1) is 18.9. The molecule has 134 valence electrons. The van der Waals surface area contributed by atoms with Gasteiger partial charge in [-0.05, 0) is 45.1 Å². The maximum Gasteiger partial charge on any atom is 0.341 e. The van der Waals surface area contributed by atoms with Gasteiger partial charge in [0.05, 0.1) is 11.6 Å². The Labute approximate surface area is 150 Å². The van der Waals surface area contributed by atoms with Crippen molar-refractivity contribution in [2.45, 2.75) is 52.0 Å². The van der Waals surface area contributed by atoms with Crippen molar-refractivity contribution >= 4 is 34.1 Å². The van der Waals surface area contributed by atoms with Crippen LogP contribution in [0.2, 0.25) is 0 Å². The first-order chi connectivity index (χ1) is 11.8. The summed E-state index contributed by atoms with van der Waals surface area (Å²) in [4.78, 5) is 36.6. The molecule has 2 amide bonds. The third kappa shape index (κ3) is 4.37. The van der Waals surface area contributed by atoms with Crippen molar-refractivity contribution < 1.29 is 19.1 Å². The Kier molecular flexibility index (Phi) is 5.80.